The van der Waals surface area contributed by atoms with Gasteiger partial charge in [-0.25, -0.2) is 9.59 Å². The van der Waals surface area contributed by atoms with E-state index >= 15 is 0 Å². The van der Waals surface area contributed by atoms with Gasteiger partial charge in [0.05, 0.1) is 37.4 Å². The van der Waals surface area contributed by atoms with Crippen LogP contribution in [0, 0.1) is 11.3 Å². The molecular formula is C24H21N3O5. The zero-order chi connectivity index (χ0) is 23.4. The van der Waals surface area contributed by atoms with Crippen LogP contribution >= 0.6 is 0 Å². The summed E-state index contributed by atoms with van der Waals surface area (Å²) in [5.41, 5.74) is 7.44. The van der Waals surface area contributed by atoms with E-state index in [2.05, 4.69) is 6.07 Å². The van der Waals surface area contributed by atoms with Gasteiger partial charge in [-0.2, -0.15) is 5.26 Å². The number of benzene rings is 2. The molecule has 162 valence electrons. The third-order valence-corrected chi connectivity index (χ3v) is 5.12. The van der Waals surface area contributed by atoms with Crippen molar-refractivity contribution in [3.8, 4) is 6.07 Å². The van der Waals surface area contributed by atoms with Crippen LogP contribution in [-0.2, 0) is 19.1 Å². The number of methoxy groups -OCH3 is 2. The molecule has 3 rings (SSSR count). The fourth-order valence-electron chi connectivity index (χ4n) is 3.65. The third kappa shape index (κ3) is 3.84. The normalized spacial score (nSPS) is 15.8. The first-order valence-corrected chi connectivity index (χ1v) is 9.62. The maximum Gasteiger partial charge on any atom is 0.355 e. The molecule has 1 aliphatic rings. The Balaban J connectivity index is 2.41. The van der Waals surface area contributed by atoms with Crippen molar-refractivity contribution in [1.29, 1.82) is 5.26 Å². The molecule has 0 bridgehead atoms. The van der Waals surface area contributed by atoms with E-state index in [0.717, 1.165) is 0 Å². The zero-order valence-corrected chi connectivity index (χ0v) is 17.8. The molecule has 0 radical (unpaired) electrons. The lowest BCUT2D eigenvalue weighted by Crippen LogP contribution is -2.40. The van der Waals surface area contributed by atoms with Crippen LogP contribution in [0.3, 0.4) is 0 Å². The van der Waals surface area contributed by atoms with E-state index in [4.69, 9.17) is 15.2 Å². The minimum Gasteiger partial charge on any atom is -0.466 e. The molecular weight excluding hydrogens is 410 g/mol. The van der Waals surface area contributed by atoms with Gasteiger partial charge in [0.2, 0.25) is 0 Å². The Kier molecular flexibility index (Phi) is 6.40. The fraction of sp³-hybridized carbons (Fsp3) is 0.167. The summed E-state index contributed by atoms with van der Waals surface area (Å²) in [5, 5.41) is 10.00. The Labute approximate surface area is 185 Å². The molecule has 2 aromatic rings. The highest BCUT2D eigenvalue weighted by Crippen LogP contribution is 2.43. The number of rotatable bonds is 5. The molecule has 0 aliphatic carbocycles. The van der Waals surface area contributed by atoms with Crippen molar-refractivity contribution in [1.82, 2.24) is 0 Å². The lowest BCUT2D eigenvalue weighted by atomic mass is 9.81. The van der Waals surface area contributed by atoms with E-state index in [-0.39, 0.29) is 28.4 Å². The summed E-state index contributed by atoms with van der Waals surface area (Å²) >= 11 is 0. The molecule has 2 N–H and O–H groups in total. The van der Waals surface area contributed by atoms with Gasteiger partial charge in [0, 0.05) is 11.3 Å². The van der Waals surface area contributed by atoms with Crippen molar-refractivity contribution in [3.05, 3.63) is 88.4 Å². The van der Waals surface area contributed by atoms with E-state index in [1.165, 1.54) is 32.1 Å². The molecule has 1 heterocycles. The Bertz CT molecular complexity index is 1190. The summed E-state index contributed by atoms with van der Waals surface area (Å²) in [4.78, 5) is 39.1. The number of nitriles is 1. The number of carbonyl (C=O) groups excluding carboxylic acids is 3. The molecule has 0 saturated heterocycles. The molecule has 0 aromatic heterocycles. The number of Topliss-reactive ketones (excluding diaryl/α,β-unsaturated/α-hetero) is 1. The number of nitrogens with two attached hydrogens (primary N) is 1. The first-order valence-electron chi connectivity index (χ1n) is 9.62. The van der Waals surface area contributed by atoms with Crippen LogP contribution in [0.2, 0.25) is 0 Å². The monoisotopic (exact) mass is 431 g/mol. The number of hydrogen-bond acceptors (Lipinski definition) is 8. The fourth-order valence-corrected chi connectivity index (χ4v) is 3.65. The quantitative estimate of drug-likeness (QED) is 0.566. The molecule has 1 atom stereocenters. The van der Waals surface area contributed by atoms with Crippen molar-refractivity contribution < 1.29 is 23.9 Å². The SMILES string of the molecule is COC(=O)C1=C(C(=O)OC)N(c2cccc(C(C)=O)c2)C(N)=C(C#N)C1c1ccccc1. The standard InChI is InChI=1S/C24H21N3O5/c1-14(28)16-10-7-11-17(12-16)27-21(24(30)32-3)20(23(29)31-2)19(18(13-25)22(27)26)15-8-5-4-6-9-15/h4-12,19H,26H2,1-3H3. The molecule has 32 heavy (non-hydrogen) atoms. The van der Waals surface area contributed by atoms with Gasteiger partial charge in [0.15, 0.2) is 5.78 Å². The summed E-state index contributed by atoms with van der Waals surface area (Å²) in [6, 6.07) is 17.1. The van der Waals surface area contributed by atoms with Crippen molar-refractivity contribution in [2.24, 2.45) is 5.73 Å². The number of ketones is 1. The average molecular weight is 431 g/mol. The zero-order valence-electron chi connectivity index (χ0n) is 17.8. The second-order valence-electron chi connectivity index (χ2n) is 6.94. The van der Waals surface area contributed by atoms with Crippen molar-refractivity contribution in [2.75, 3.05) is 19.1 Å². The van der Waals surface area contributed by atoms with Gasteiger partial charge in [-0.1, -0.05) is 42.5 Å². The number of esters is 2. The number of nitrogens with zero attached hydrogens (tertiary/aromatic N) is 2. The second-order valence-corrected chi connectivity index (χ2v) is 6.94. The molecule has 1 unspecified atom stereocenters. The minimum absolute atomic E-state index is 0.0532. The average Bonchev–Trinajstić information content (AvgIpc) is 2.82. The lowest BCUT2D eigenvalue weighted by molar-refractivity contribution is -0.139. The predicted molar refractivity (Wildman–Crippen MR) is 116 cm³/mol. The number of hydrogen-bond donors (Lipinski definition) is 1. The molecule has 8 nitrogen and oxygen atoms in total. The Hall–Kier alpha value is -4.38. The summed E-state index contributed by atoms with van der Waals surface area (Å²) in [7, 11) is 2.35. The lowest BCUT2D eigenvalue weighted by Gasteiger charge is -2.36. The molecule has 0 fully saturated rings. The van der Waals surface area contributed by atoms with E-state index in [1.54, 1.807) is 48.5 Å². The van der Waals surface area contributed by atoms with Gasteiger partial charge in [0.1, 0.15) is 11.5 Å². The van der Waals surface area contributed by atoms with Gasteiger partial charge in [-0.3, -0.25) is 9.69 Å². The van der Waals surface area contributed by atoms with Crippen molar-refractivity contribution in [3.63, 3.8) is 0 Å². The minimum atomic E-state index is -0.949. The maximum atomic E-state index is 13.0. The summed E-state index contributed by atoms with van der Waals surface area (Å²) in [6.45, 7) is 1.40. The topological polar surface area (TPSA) is 123 Å². The van der Waals surface area contributed by atoms with Crippen LogP contribution in [0.1, 0.15) is 28.8 Å². The molecule has 0 spiro atoms. The highest BCUT2D eigenvalue weighted by Gasteiger charge is 2.43. The Morgan fingerprint density at radius 3 is 2.22 bits per heavy atom. The predicted octanol–water partition coefficient (Wildman–Crippen LogP) is 2.79. The maximum absolute atomic E-state index is 13.0. The van der Waals surface area contributed by atoms with Crippen LogP contribution in [0.5, 0.6) is 0 Å². The summed E-state index contributed by atoms with van der Waals surface area (Å²) in [6.07, 6.45) is 0. The molecule has 2 aromatic carbocycles. The molecule has 1 aliphatic heterocycles. The van der Waals surface area contributed by atoms with Crippen molar-refractivity contribution >= 4 is 23.4 Å². The Morgan fingerprint density at radius 2 is 1.66 bits per heavy atom. The van der Waals surface area contributed by atoms with Gasteiger partial charge in [-0.15, -0.1) is 0 Å². The smallest absolute Gasteiger partial charge is 0.355 e. The van der Waals surface area contributed by atoms with Gasteiger partial charge in [0.25, 0.3) is 0 Å². The third-order valence-electron chi connectivity index (χ3n) is 5.12. The van der Waals surface area contributed by atoms with E-state index in [9.17, 15) is 19.6 Å². The Morgan fingerprint density at radius 1 is 1.00 bits per heavy atom. The molecule has 0 amide bonds. The molecule has 8 heteroatoms. The van der Waals surface area contributed by atoms with Crippen LogP contribution in [0.25, 0.3) is 0 Å². The van der Waals surface area contributed by atoms with E-state index in [0.29, 0.717) is 16.8 Å². The molecule has 0 saturated carbocycles. The van der Waals surface area contributed by atoms with Gasteiger partial charge >= 0.3 is 11.9 Å². The number of carbonyl (C=O) groups is 3. The van der Waals surface area contributed by atoms with Gasteiger partial charge < -0.3 is 15.2 Å². The summed E-state index contributed by atoms with van der Waals surface area (Å²) in [5.74, 6) is -2.87. The van der Waals surface area contributed by atoms with Gasteiger partial charge in [-0.05, 0) is 24.6 Å². The van der Waals surface area contributed by atoms with Crippen LogP contribution < -0.4 is 10.6 Å². The van der Waals surface area contributed by atoms with E-state index < -0.39 is 17.9 Å². The largest absolute Gasteiger partial charge is 0.466 e. The van der Waals surface area contributed by atoms with Crippen LogP contribution in [0.15, 0.2) is 77.3 Å². The number of allylic oxidation sites excluding steroid dienone is 1. The highest BCUT2D eigenvalue weighted by atomic mass is 16.5. The van der Waals surface area contributed by atoms with Crippen molar-refractivity contribution in [2.45, 2.75) is 12.8 Å². The van der Waals surface area contributed by atoms with E-state index in [1.807, 2.05) is 0 Å². The first kappa shape index (κ1) is 22.3. The summed E-state index contributed by atoms with van der Waals surface area (Å²) < 4.78 is 9.95. The van der Waals surface area contributed by atoms with Crippen LogP contribution in [0.4, 0.5) is 5.69 Å². The first-order chi connectivity index (χ1) is 15.3. The highest BCUT2D eigenvalue weighted by molar-refractivity contribution is 6.06. The number of anilines is 1. The number of ether oxygens (including phenoxy) is 2. The van der Waals surface area contributed by atoms with Crippen LogP contribution in [-0.4, -0.2) is 31.9 Å². The second kappa shape index (κ2) is 9.18.